The zero-order valence-electron chi connectivity index (χ0n) is 13.4. The first-order valence-corrected chi connectivity index (χ1v) is 8.41. The van der Waals surface area contributed by atoms with Crippen LogP contribution in [0.25, 0.3) is 0 Å². The molecule has 2 nitrogen and oxygen atoms in total. The third-order valence-corrected chi connectivity index (χ3v) is 5.31. The first kappa shape index (κ1) is 18.7. The first-order valence-electron chi connectivity index (χ1n) is 8.41. The van der Waals surface area contributed by atoms with Crippen LogP contribution in [-0.2, 0) is 4.74 Å². The molecule has 2 saturated carbocycles. The molecular formula is C17H26F4O2. The van der Waals surface area contributed by atoms with E-state index in [1.54, 1.807) is 12.2 Å². The first-order chi connectivity index (χ1) is 11.0. The lowest BCUT2D eigenvalue weighted by atomic mass is 9.68. The molecule has 8 unspecified atom stereocenters. The molecule has 0 radical (unpaired) electrons. The van der Waals surface area contributed by atoms with Crippen LogP contribution in [0.15, 0.2) is 12.2 Å². The molecule has 2 rings (SSSR count). The summed E-state index contributed by atoms with van der Waals surface area (Å²) in [5, 5.41) is 9.04. The maximum atomic E-state index is 14.5. The molecule has 2 fully saturated rings. The Bertz CT molecular complexity index is 393. The van der Waals surface area contributed by atoms with E-state index in [-0.39, 0.29) is 13.0 Å². The highest BCUT2D eigenvalue weighted by atomic mass is 19.2. The third-order valence-electron chi connectivity index (χ3n) is 5.31. The smallest absolute Gasteiger partial charge is 0.157 e. The number of aliphatic hydroxyl groups is 1. The molecule has 0 aromatic heterocycles. The summed E-state index contributed by atoms with van der Waals surface area (Å²) in [4.78, 5) is 0. The Kier molecular flexibility index (Phi) is 6.89. The molecular weight excluding hydrogens is 312 g/mol. The zero-order chi connectivity index (χ0) is 17.0. The van der Waals surface area contributed by atoms with Crippen molar-refractivity contribution in [3.05, 3.63) is 12.2 Å². The summed E-state index contributed by atoms with van der Waals surface area (Å²) >= 11 is 0. The second-order valence-electron chi connectivity index (χ2n) is 6.64. The largest absolute Gasteiger partial charge is 0.396 e. The van der Waals surface area contributed by atoms with Crippen molar-refractivity contribution < 1.29 is 27.4 Å². The molecule has 0 heterocycles. The fourth-order valence-electron chi connectivity index (χ4n) is 3.88. The Morgan fingerprint density at radius 2 is 1.52 bits per heavy atom. The van der Waals surface area contributed by atoms with Gasteiger partial charge >= 0.3 is 0 Å². The SMILES string of the molecule is C/C=C\COC1CCC(C2CCC(CO)C(F)C2F)C(F)C1F. The number of alkyl halides is 4. The standard InChI is InChI=1S/C17H26F4O2/c1-2-3-8-23-13-7-6-12(16(20)17(13)21)11-5-4-10(9-22)14(18)15(11)19/h2-3,10-17,22H,4-9H2,1H3/b3-2-. The highest BCUT2D eigenvalue weighted by Gasteiger charge is 2.50. The van der Waals surface area contributed by atoms with Crippen LogP contribution in [0.4, 0.5) is 17.6 Å². The summed E-state index contributed by atoms with van der Waals surface area (Å²) < 4.78 is 62.3. The maximum Gasteiger partial charge on any atom is 0.157 e. The van der Waals surface area contributed by atoms with Crippen molar-refractivity contribution >= 4 is 0 Å². The normalized spacial score (nSPS) is 45.5. The molecule has 8 atom stereocenters. The van der Waals surface area contributed by atoms with Gasteiger partial charge in [-0.25, -0.2) is 17.6 Å². The van der Waals surface area contributed by atoms with Gasteiger partial charge in [0.15, 0.2) is 6.17 Å². The van der Waals surface area contributed by atoms with E-state index in [2.05, 4.69) is 0 Å². The van der Waals surface area contributed by atoms with E-state index in [0.29, 0.717) is 19.3 Å². The van der Waals surface area contributed by atoms with E-state index in [4.69, 9.17) is 9.84 Å². The Balaban J connectivity index is 1.97. The summed E-state index contributed by atoms with van der Waals surface area (Å²) in [6.07, 6.45) is -3.42. The van der Waals surface area contributed by atoms with E-state index in [9.17, 15) is 17.6 Å². The van der Waals surface area contributed by atoms with Gasteiger partial charge in [-0.2, -0.15) is 0 Å². The number of hydrogen-bond acceptors (Lipinski definition) is 2. The van der Waals surface area contributed by atoms with Crippen LogP contribution in [-0.4, -0.2) is 49.1 Å². The molecule has 0 amide bonds. The summed E-state index contributed by atoms with van der Waals surface area (Å²) in [6, 6.07) is 0. The van der Waals surface area contributed by atoms with Crippen molar-refractivity contribution in [2.75, 3.05) is 13.2 Å². The van der Waals surface area contributed by atoms with E-state index >= 15 is 0 Å². The van der Waals surface area contributed by atoms with Crippen LogP contribution in [0.5, 0.6) is 0 Å². The van der Waals surface area contributed by atoms with Gasteiger partial charge in [0.1, 0.15) is 18.5 Å². The Morgan fingerprint density at radius 1 is 0.913 bits per heavy atom. The average Bonchev–Trinajstić information content (AvgIpc) is 2.55. The average molecular weight is 338 g/mol. The predicted octanol–water partition coefficient (Wildman–Crippen LogP) is 3.73. The molecule has 0 bridgehead atoms. The molecule has 0 aromatic rings. The van der Waals surface area contributed by atoms with Crippen molar-refractivity contribution in [1.29, 1.82) is 0 Å². The summed E-state index contributed by atoms with van der Waals surface area (Å²) in [6.45, 7) is 1.62. The van der Waals surface area contributed by atoms with E-state index in [1.807, 2.05) is 6.92 Å². The molecule has 0 saturated heterocycles. The maximum absolute atomic E-state index is 14.5. The zero-order valence-corrected chi connectivity index (χ0v) is 13.4. The summed E-state index contributed by atoms with van der Waals surface area (Å²) in [5.74, 6) is -2.38. The molecule has 0 aliphatic heterocycles. The number of aliphatic hydroxyl groups excluding tert-OH is 1. The van der Waals surface area contributed by atoms with Gasteiger partial charge in [0, 0.05) is 12.5 Å². The highest BCUT2D eigenvalue weighted by molar-refractivity contribution is 4.98. The van der Waals surface area contributed by atoms with Crippen LogP contribution in [0.1, 0.15) is 32.6 Å². The lowest BCUT2D eigenvalue weighted by molar-refractivity contribution is -0.102. The highest BCUT2D eigenvalue weighted by Crippen LogP contribution is 2.44. The number of hydrogen-bond donors (Lipinski definition) is 1. The third kappa shape index (κ3) is 4.08. The van der Waals surface area contributed by atoms with E-state index in [1.165, 1.54) is 0 Å². The van der Waals surface area contributed by atoms with Crippen LogP contribution in [0, 0.1) is 17.8 Å². The van der Waals surface area contributed by atoms with Crippen molar-refractivity contribution in [3.63, 3.8) is 0 Å². The van der Waals surface area contributed by atoms with Crippen LogP contribution >= 0.6 is 0 Å². The van der Waals surface area contributed by atoms with Gasteiger partial charge in [-0.15, -0.1) is 0 Å². The van der Waals surface area contributed by atoms with Gasteiger partial charge in [-0.05, 0) is 44.4 Å². The minimum atomic E-state index is -1.84. The van der Waals surface area contributed by atoms with Crippen molar-refractivity contribution in [2.24, 2.45) is 17.8 Å². The second kappa shape index (κ2) is 8.47. The lowest BCUT2D eigenvalue weighted by Crippen LogP contribution is -2.50. The molecule has 6 heteroatoms. The van der Waals surface area contributed by atoms with Crippen molar-refractivity contribution in [3.8, 4) is 0 Å². The van der Waals surface area contributed by atoms with Gasteiger partial charge < -0.3 is 9.84 Å². The molecule has 2 aliphatic carbocycles. The number of allylic oxidation sites excluding steroid dienone is 1. The number of rotatable bonds is 5. The van der Waals surface area contributed by atoms with Crippen molar-refractivity contribution in [1.82, 2.24) is 0 Å². The fourth-order valence-corrected chi connectivity index (χ4v) is 3.88. The summed E-state index contributed by atoms with van der Waals surface area (Å²) in [7, 11) is 0. The Hall–Kier alpha value is -0.620. The molecule has 0 spiro atoms. The quantitative estimate of drug-likeness (QED) is 0.611. The van der Waals surface area contributed by atoms with Crippen LogP contribution in [0.3, 0.4) is 0 Å². The van der Waals surface area contributed by atoms with E-state index < -0.39 is 55.2 Å². The monoisotopic (exact) mass is 338 g/mol. The molecule has 1 N–H and O–H groups in total. The van der Waals surface area contributed by atoms with Gasteiger partial charge in [0.2, 0.25) is 0 Å². The molecule has 134 valence electrons. The lowest BCUT2D eigenvalue weighted by Gasteiger charge is -2.43. The van der Waals surface area contributed by atoms with Crippen molar-refractivity contribution in [2.45, 2.75) is 63.4 Å². The minimum absolute atomic E-state index is 0.221. The Morgan fingerprint density at radius 3 is 2.13 bits per heavy atom. The van der Waals surface area contributed by atoms with Gasteiger partial charge in [-0.1, -0.05) is 12.2 Å². The molecule has 23 heavy (non-hydrogen) atoms. The van der Waals surface area contributed by atoms with E-state index in [0.717, 1.165) is 0 Å². The topological polar surface area (TPSA) is 29.5 Å². The van der Waals surface area contributed by atoms with Gasteiger partial charge in [0.25, 0.3) is 0 Å². The van der Waals surface area contributed by atoms with Crippen LogP contribution < -0.4 is 0 Å². The minimum Gasteiger partial charge on any atom is -0.396 e. The predicted molar refractivity (Wildman–Crippen MR) is 80.2 cm³/mol. The number of halogens is 4. The summed E-state index contributed by atoms with van der Waals surface area (Å²) in [5.41, 5.74) is 0. The number of ether oxygens (including phenoxy) is 1. The van der Waals surface area contributed by atoms with Gasteiger partial charge in [0.05, 0.1) is 12.7 Å². The van der Waals surface area contributed by atoms with Crippen LogP contribution in [0.2, 0.25) is 0 Å². The second-order valence-corrected chi connectivity index (χ2v) is 6.64. The Labute approximate surface area is 134 Å². The fraction of sp³-hybridized carbons (Fsp3) is 0.882. The molecule has 0 aromatic carbocycles. The molecule has 2 aliphatic rings. The van der Waals surface area contributed by atoms with Gasteiger partial charge in [-0.3, -0.25) is 0 Å².